The molecule has 2 aromatic heterocycles. The lowest BCUT2D eigenvalue weighted by molar-refractivity contribution is 0.0526. The first kappa shape index (κ1) is 18.9. The average molecular weight is 406 g/mol. The van der Waals surface area contributed by atoms with Crippen LogP contribution < -0.4 is 0 Å². The first-order valence-electron chi connectivity index (χ1n) is 9.06. The molecule has 0 unspecified atom stereocenters. The normalized spacial score (nSPS) is 11.5. The third kappa shape index (κ3) is 3.40. The Morgan fingerprint density at radius 2 is 1.76 bits per heavy atom. The van der Waals surface area contributed by atoms with E-state index >= 15 is 0 Å². The molecule has 2 heterocycles. The van der Waals surface area contributed by atoms with Crippen molar-refractivity contribution in [3.8, 4) is 11.3 Å². The van der Waals surface area contributed by atoms with Crippen molar-refractivity contribution in [3.05, 3.63) is 84.7 Å². The number of hydrogen-bond donors (Lipinski definition) is 0. The van der Waals surface area contributed by atoms with Gasteiger partial charge in [-0.05, 0) is 37.3 Å². The molecule has 0 atom stereocenters. The van der Waals surface area contributed by atoms with E-state index in [1.807, 2.05) is 12.1 Å². The third-order valence-corrected chi connectivity index (χ3v) is 6.21. The highest BCUT2D eigenvalue weighted by atomic mass is 32.2. The molecule has 4 rings (SSSR count). The van der Waals surface area contributed by atoms with Crippen LogP contribution in [0, 0.1) is 0 Å². The molecule has 0 aliphatic rings. The lowest BCUT2D eigenvalue weighted by Gasteiger charge is -2.07. The monoisotopic (exact) mass is 406 g/mol. The van der Waals surface area contributed by atoms with Gasteiger partial charge in [-0.2, -0.15) is 0 Å². The second kappa shape index (κ2) is 7.52. The van der Waals surface area contributed by atoms with Crippen molar-refractivity contribution in [2.45, 2.75) is 11.8 Å². The van der Waals surface area contributed by atoms with E-state index in [0.29, 0.717) is 22.3 Å². The molecule has 0 amide bonds. The Kier molecular flexibility index (Phi) is 4.90. The van der Waals surface area contributed by atoms with Crippen molar-refractivity contribution in [1.29, 1.82) is 0 Å². The number of hydrogen-bond acceptors (Lipinski definition) is 5. The van der Waals surface area contributed by atoms with Crippen LogP contribution >= 0.6 is 0 Å². The summed E-state index contributed by atoms with van der Waals surface area (Å²) in [6.07, 6.45) is 3.06. The van der Waals surface area contributed by atoms with Crippen LogP contribution in [0.3, 0.4) is 0 Å². The smallest absolute Gasteiger partial charge is 0.338 e. The van der Waals surface area contributed by atoms with E-state index in [2.05, 4.69) is 4.98 Å². The Bertz CT molecular complexity index is 1290. The molecule has 0 radical (unpaired) electrons. The van der Waals surface area contributed by atoms with Gasteiger partial charge in [0.25, 0.3) is 10.0 Å². The van der Waals surface area contributed by atoms with Crippen LogP contribution in [0.5, 0.6) is 0 Å². The van der Waals surface area contributed by atoms with E-state index in [9.17, 15) is 13.2 Å². The standard InChI is InChI=1S/C22H18N2O4S/c1-2-28-22(25)16-12-13-23-20(14-16)19-15-24(21-11-7-6-10-18(19)21)29(26,27)17-8-4-3-5-9-17/h3-15H,2H2,1H3. The minimum Gasteiger partial charge on any atom is -0.462 e. The molecule has 0 bridgehead atoms. The Hall–Kier alpha value is -3.45. The van der Waals surface area contributed by atoms with Gasteiger partial charge >= 0.3 is 5.97 Å². The van der Waals surface area contributed by atoms with E-state index in [-0.39, 0.29) is 11.5 Å². The number of benzene rings is 2. The minimum atomic E-state index is -3.79. The summed E-state index contributed by atoms with van der Waals surface area (Å²) in [6.45, 7) is 2.01. The maximum atomic E-state index is 13.2. The zero-order valence-corrected chi connectivity index (χ0v) is 16.5. The van der Waals surface area contributed by atoms with E-state index < -0.39 is 16.0 Å². The maximum absolute atomic E-state index is 13.2. The summed E-state index contributed by atoms with van der Waals surface area (Å²) in [5.41, 5.74) is 2.01. The molecule has 4 aromatic rings. The van der Waals surface area contributed by atoms with Gasteiger partial charge in [0.1, 0.15) is 0 Å². The summed E-state index contributed by atoms with van der Waals surface area (Å²) >= 11 is 0. The Morgan fingerprint density at radius 1 is 1.03 bits per heavy atom. The SMILES string of the molecule is CCOC(=O)c1ccnc(-c2cn(S(=O)(=O)c3ccccc3)c3ccccc23)c1. The molecule has 2 aromatic carbocycles. The van der Waals surface area contributed by atoms with E-state index in [1.54, 1.807) is 67.7 Å². The first-order valence-corrected chi connectivity index (χ1v) is 10.5. The van der Waals surface area contributed by atoms with E-state index in [0.717, 1.165) is 5.39 Å². The molecule has 146 valence electrons. The fraction of sp³-hybridized carbons (Fsp3) is 0.0909. The largest absolute Gasteiger partial charge is 0.462 e. The molecule has 0 saturated heterocycles. The highest BCUT2D eigenvalue weighted by Gasteiger charge is 2.22. The first-order chi connectivity index (χ1) is 14.0. The highest BCUT2D eigenvalue weighted by molar-refractivity contribution is 7.90. The molecule has 0 fully saturated rings. The van der Waals surface area contributed by atoms with Gasteiger partial charge in [-0.1, -0.05) is 36.4 Å². The molecular formula is C22H18N2O4S. The number of carbonyl (C=O) groups is 1. The number of nitrogens with zero attached hydrogens (tertiary/aromatic N) is 2. The molecule has 0 N–H and O–H groups in total. The van der Waals surface area contributed by atoms with E-state index in [1.165, 1.54) is 10.2 Å². The van der Waals surface area contributed by atoms with Crippen LogP contribution in [0.2, 0.25) is 0 Å². The van der Waals surface area contributed by atoms with Gasteiger partial charge in [-0.15, -0.1) is 0 Å². The molecule has 0 spiro atoms. The summed E-state index contributed by atoms with van der Waals surface area (Å²) in [6, 6.07) is 18.6. The Balaban J connectivity index is 1.91. The van der Waals surface area contributed by atoms with Crippen molar-refractivity contribution in [3.63, 3.8) is 0 Å². The van der Waals surface area contributed by atoms with Gasteiger partial charge < -0.3 is 4.74 Å². The van der Waals surface area contributed by atoms with Crippen molar-refractivity contribution in [1.82, 2.24) is 8.96 Å². The molecule has 0 aliphatic carbocycles. The molecule has 6 nitrogen and oxygen atoms in total. The number of ether oxygens (including phenoxy) is 1. The lowest BCUT2D eigenvalue weighted by atomic mass is 10.1. The maximum Gasteiger partial charge on any atom is 0.338 e. The molecule has 29 heavy (non-hydrogen) atoms. The van der Waals surface area contributed by atoms with Crippen LogP contribution in [0.25, 0.3) is 22.2 Å². The van der Waals surface area contributed by atoms with Crippen molar-refractivity contribution in [2.24, 2.45) is 0 Å². The van der Waals surface area contributed by atoms with Crippen LogP contribution in [0.1, 0.15) is 17.3 Å². The molecule has 0 saturated carbocycles. The minimum absolute atomic E-state index is 0.195. The van der Waals surface area contributed by atoms with Gasteiger partial charge in [0.05, 0.1) is 28.3 Å². The molecule has 7 heteroatoms. The number of fused-ring (bicyclic) bond motifs is 1. The quantitative estimate of drug-likeness (QED) is 0.466. The summed E-state index contributed by atoms with van der Waals surface area (Å²) in [5.74, 6) is -0.447. The van der Waals surface area contributed by atoms with Gasteiger partial charge in [0, 0.05) is 23.3 Å². The zero-order chi connectivity index (χ0) is 20.4. The number of pyridine rings is 1. The van der Waals surface area contributed by atoms with Crippen LogP contribution in [-0.2, 0) is 14.8 Å². The summed E-state index contributed by atoms with van der Waals surface area (Å²) in [5, 5.41) is 0.723. The van der Waals surface area contributed by atoms with E-state index in [4.69, 9.17) is 4.74 Å². The van der Waals surface area contributed by atoms with Crippen molar-refractivity contribution < 1.29 is 17.9 Å². The topological polar surface area (TPSA) is 78.3 Å². The summed E-state index contributed by atoms with van der Waals surface area (Å²) in [7, 11) is -3.79. The predicted molar refractivity (Wildman–Crippen MR) is 110 cm³/mol. The van der Waals surface area contributed by atoms with Gasteiger partial charge in [-0.3, -0.25) is 4.98 Å². The Labute approximate surface area is 168 Å². The van der Waals surface area contributed by atoms with Crippen molar-refractivity contribution >= 4 is 26.9 Å². The van der Waals surface area contributed by atoms with Crippen LogP contribution in [0.15, 0.2) is 84.0 Å². The lowest BCUT2D eigenvalue weighted by Crippen LogP contribution is -2.11. The fourth-order valence-electron chi connectivity index (χ4n) is 3.18. The van der Waals surface area contributed by atoms with Gasteiger partial charge in [-0.25, -0.2) is 17.2 Å². The molecule has 0 aliphatic heterocycles. The summed E-state index contributed by atoms with van der Waals surface area (Å²) in [4.78, 5) is 16.6. The van der Waals surface area contributed by atoms with Crippen molar-refractivity contribution in [2.75, 3.05) is 6.61 Å². The second-order valence-corrected chi connectivity index (χ2v) is 8.14. The van der Waals surface area contributed by atoms with Crippen LogP contribution in [-0.4, -0.2) is 30.0 Å². The highest BCUT2D eigenvalue weighted by Crippen LogP contribution is 2.32. The predicted octanol–water partition coefficient (Wildman–Crippen LogP) is 4.12. The number of aromatic nitrogens is 2. The van der Waals surface area contributed by atoms with Gasteiger partial charge in [0.15, 0.2) is 0 Å². The molecular weight excluding hydrogens is 388 g/mol. The average Bonchev–Trinajstić information content (AvgIpc) is 3.15. The number of carbonyl (C=O) groups excluding carboxylic acids is 1. The number of para-hydroxylation sites is 1. The Morgan fingerprint density at radius 3 is 2.52 bits per heavy atom. The zero-order valence-electron chi connectivity index (χ0n) is 15.6. The number of esters is 1. The summed E-state index contributed by atoms with van der Waals surface area (Å²) < 4.78 is 32.8. The fourth-order valence-corrected chi connectivity index (χ4v) is 4.57. The second-order valence-electron chi connectivity index (χ2n) is 6.32. The third-order valence-electron chi connectivity index (χ3n) is 4.53. The van der Waals surface area contributed by atoms with Gasteiger partial charge in [0.2, 0.25) is 0 Å². The van der Waals surface area contributed by atoms with Crippen LogP contribution in [0.4, 0.5) is 0 Å². The number of rotatable bonds is 5.